The van der Waals surface area contributed by atoms with Crippen LogP contribution in [-0.4, -0.2) is 34.9 Å². The Morgan fingerprint density at radius 1 is 1.22 bits per heavy atom. The summed E-state index contributed by atoms with van der Waals surface area (Å²) in [7, 11) is 0. The number of aliphatic hydroxyl groups is 1. The van der Waals surface area contributed by atoms with Gasteiger partial charge in [-0.2, -0.15) is 0 Å². The number of esters is 1. The van der Waals surface area contributed by atoms with Crippen molar-refractivity contribution in [2.45, 2.75) is 53.1 Å². The number of ketones is 2. The van der Waals surface area contributed by atoms with Crippen molar-refractivity contribution in [3.05, 3.63) is 34.4 Å². The second kappa shape index (κ2) is 6.86. The minimum absolute atomic E-state index is 0.0330. The molecule has 1 N–H and O–H groups in total. The molecule has 146 valence electrons. The van der Waals surface area contributed by atoms with Crippen LogP contribution in [0.4, 0.5) is 0 Å². The molecule has 5 heteroatoms. The van der Waals surface area contributed by atoms with Gasteiger partial charge in [0, 0.05) is 36.7 Å². The van der Waals surface area contributed by atoms with Crippen molar-refractivity contribution >= 4 is 17.5 Å². The molecule has 27 heavy (non-hydrogen) atoms. The van der Waals surface area contributed by atoms with Gasteiger partial charge in [-0.25, -0.2) is 0 Å². The molecular formula is C22H28O5. The van der Waals surface area contributed by atoms with Gasteiger partial charge in [-0.3, -0.25) is 14.4 Å². The Morgan fingerprint density at radius 3 is 2.48 bits per heavy atom. The van der Waals surface area contributed by atoms with Crippen molar-refractivity contribution in [3.63, 3.8) is 0 Å². The van der Waals surface area contributed by atoms with Crippen molar-refractivity contribution < 1.29 is 24.2 Å². The van der Waals surface area contributed by atoms with Gasteiger partial charge in [0.05, 0.1) is 5.60 Å². The Labute approximate surface area is 160 Å². The first-order valence-electron chi connectivity index (χ1n) is 9.55. The Hall–Kier alpha value is -2.01. The van der Waals surface area contributed by atoms with Crippen molar-refractivity contribution in [3.8, 4) is 0 Å². The van der Waals surface area contributed by atoms with Crippen LogP contribution in [0.15, 0.2) is 34.4 Å². The Balaban J connectivity index is 2.17. The summed E-state index contributed by atoms with van der Waals surface area (Å²) in [6.45, 7) is 8.86. The van der Waals surface area contributed by atoms with E-state index < -0.39 is 17.5 Å². The zero-order valence-electron chi connectivity index (χ0n) is 16.7. The van der Waals surface area contributed by atoms with E-state index in [1.165, 1.54) is 6.92 Å². The highest BCUT2D eigenvalue weighted by atomic mass is 16.5. The Morgan fingerprint density at radius 2 is 1.89 bits per heavy atom. The first kappa shape index (κ1) is 19.7. The molecule has 0 radical (unpaired) electrons. The fourth-order valence-electron chi connectivity index (χ4n) is 5.09. The third-order valence-electron chi connectivity index (χ3n) is 6.40. The van der Waals surface area contributed by atoms with E-state index in [-0.39, 0.29) is 42.3 Å². The standard InChI is InChI=1S/C22H28O5/c1-11(2)20-18-9-15(10-27-14(5)23)8-16-17(6-12(3)21(16)25)22(18,26)13(4)7-19(20)24/h6,9,13,16-18,26H,7-8,10H2,1-5H3. The molecule has 0 aromatic heterocycles. The molecule has 0 spiro atoms. The van der Waals surface area contributed by atoms with Crippen LogP contribution in [-0.2, 0) is 19.1 Å². The van der Waals surface area contributed by atoms with E-state index in [1.807, 2.05) is 32.9 Å². The topological polar surface area (TPSA) is 80.7 Å². The number of hydrogen-bond acceptors (Lipinski definition) is 5. The summed E-state index contributed by atoms with van der Waals surface area (Å²) < 4.78 is 5.19. The second-order valence-corrected chi connectivity index (χ2v) is 8.46. The zero-order valence-corrected chi connectivity index (χ0v) is 16.7. The third-order valence-corrected chi connectivity index (χ3v) is 6.40. The van der Waals surface area contributed by atoms with Crippen LogP contribution in [0, 0.1) is 23.7 Å². The van der Waals surface area contributed by atoms with Gasteiger partial charge in [0.1, 0.15) is 6.61 Å². The largest absolute Gasteiger partial charge is 0.461 e. The number of carbonyl (C=O) groups is 3. The van der Waals surface area contributed by atoms with Crippen molar-refractivity contribution in [2.75, 3.05) is 6.61 Å². The van der Waals surface area contributed by atoms with E-state index in [1.54, 1.807) is 6.92 Å². The molecule has 0 aromatic carbocycles. The highest BCUT2D eigenvalue weighted by Gasteiger charge is 2.58. The Kier molecular flexibility index (Phi) is 5.02. The molecule has 0 bridgehead atoms. The maximum atomic E-state index is 12.8. The normalized spacial score (nSPS) is 35.7. The van der Waals surface area contributed by atoms with Crippen molar-refractivity contribution in [1.29, 1.82) is 0 Å². The summed E-state index contributed by atoms with van der Waals surface area (Å²) in [4.78, 5) is 36.9. The fraction of sp³-hybridized carbons (Fsp3) is 0.591. The maximum absolute atomic E-state index is 12.8. The number of carbonyl (C=O) groups excluding carboxylic acids is 3. The summed E-state index contributed by atoms with van der Waals surface area (Å²) in [5, 5.41) is 11.9. The lowest BCUT2D eigenvalue weighted by molar-refractivity contribution is -0.140. The van der Waals surface area contributed by atoms with E-state index >= 15 is 0 Å². The first-order chi connectivity index (χ1) is 12.6. The summed E-state index contributed by atoms with van der Waals surface area (Å²) in [6.07, 6.45) is 4.47. The van der Waals surface area contributed by atoms with Crippen LogP contribution in [0.25, 0.3) is 0 Å². The smallest absolute Gasteiger partial charge is 0.302 e. The SMILES string of the molecule is CC(=O)OCC1=CC2C(=C(C)C)C(=O)CC(C)C2(O)C2C=C(C)C(=O)C2C1. The van der Waals surface area contributed by atoms with E-state index in [4.69, 9.17) is 4.74 Å². The lowest BCUT2D eigenvalue weighted by atomic mass is 9.59. The van der Waals surface area contributed by atoms with Crippen LogP contribution in [0.3, 0.4) is 0 Å². The zero-order chi connectivity index (χ0) is 20.1. The molecule has 5 atom stereocenters. The van der Waals surface area contributed by atoms with Gasteiger partial charge >= 0.3 is 5.97 Å². The quantitative estimate of drug-likeness (QED) is 0.458. The van der Waals surface area contributed by atoms with Crippen molar-refractivity contribution in [1.82, 2.24) is 0 Å². The summed E-state index contributed by atoms with van der Waals surface area (Å²) in [6, 6.07) is 0. The molecular weight excluding hydrogens is 344 g/mol. The number of Topliss-reactive ketones (excluding diaryl/α,β-unsaturated/α-hetero) is 2. The van der Waals surface area contributed by atoms with Gasteiger partial charge < -0.3 is 9.84 Å². The Bertz CT molecular complexity index is 796. The van der Waals surface area contributed by atoms with Gasteiger partial charge in [0.15, 0.2) is 11.6 Å². The van der Waals surface area contributed by atoms with Crippen LogP contribution in [0.1, 0.15) is 47.5 Å². The predicted octanol–water partition coefficient (Wildman–Crippen LogP) is 2.93. The second-order valence-electron chi connectivity index (χ2n) is 8.46. The van der Waals surface area contributed by atoms with Gasteiger partial charge in [0.2, 0.25) is 0 Å². The average molecular weight is 372 g/mol. The molecule has 0 saturated heterocycles. The van der Waals surface area contributed by atoms with Crippen LogP contribution < -0.4 is 0 Å². The minimum atomic E-state index is -1.21. The average Bonchev–Trinajstić information content (AvgIpc) is 2.77. The summed E-state index contributed by atoms with van der Waals surface area (Å²) in [5.74, 6) is -1.82. The number of allylic oxidation sites excluding steroid dienone is 2. The molecule has 5 nitrogen and oxygen atoms in total. The number of hydrogen-bond donors (Lipinski definition) is 1. The highest BCUT2D eigenvalue weighted by molar-refractivity contribution is 6.01. The van der Waals surface area contributed by atoms with Crippen LogP contribution in [0.2, 0.25) is 0 Å². The number of rotatable bonds is 2. The first-order valence-corrected chi connectivity index (χ1v) is 9.55. The fourth-order valence-corrected chi connectivity index (χ4v) is 5.09. The van der Waals surface area contributed by atoms with Crippen LogP contribution >= 0.6 is 0 Å². The lowest BCUT2D eigenvalue weighted by Crippen LogP contribution is -2.55. The molecule has 3 rings (SSSR count). The summed E-state index contributed by atoms with van der Waals surface area (Å²) in [5.41, 5.74) is 1.74. The predicted molar refractivity (Wildman–Crippen MR) is 101 cm³/mol. The van der Waals surface area contributed by atoms with E-state index in [0.29, 0.717) is 17.6 Å². The number of ether oxygens (including phenoxy) is 1. The lowest BCUT2D eigenvalue weighted by Gasteiger charge is -2.48. The number of fused-ring (bicyclic) bond motifs is 3. The third kappa shape index (κ3) is 3.12. The molecule has 5 unspecified atom stereocenters. The van der Waals surface area contributed by atoms with Crippen LogP contribution in [0.5, 0.6) is 0 Å². The highest BCUT2D eigenvalue weighted by Crippen LogP contribution is 2.54. The molecule has 3 aliphatic carbocycles. The van der Waals surface area contributed by atoms with E-state index in [0.717, 1.165) is 11.1 Å². The minimum Gasteiger partial charge on any atom is -0.461 e. The summed E-state index contributed by atoms with van der Waals surface area (Å²) >= 11 is 0. The van der Waals surface area contributed by atoms with E-state index in [9.17, 15) is 19.5 Å². The molecule has 0 aromatic rings. The molecule has 0 heterocycles. The van der Waals surface area contributed by atoms with Gasteiger partial charge in [-0.05, 0) is 44.3 Å². The molecule has 3 aliphatic rings. The van der Waals surface area contributed by atoms with E-state index in [2.05, 4.69) is 0 Å². The monoisotopic (exact) mass is 372 g/mol. The van der Waals surface area contributed by atoms with Gasteiger partial charge in [0.25, 0.3) is 0 Å². The van der Waals surface area contributed by atoms with Gasteiger partial charge in [-0.1, -0.05) is 24.6 Å². The maximum Gasteiger partial charge on any atom is 0.302 e. The molecule has 1 fully saturated rings. The molecule has 1 saturated carbocycles. The van der Waals surface area contributed by atoms with Crippen molar-refractivity contribution in [2.24, 2.45) is 23.7 Å². The molecule has 0 aliphatic heterocycles. The van der Waals surface area contributed by atoms with Gasteiger partial charge in [-0.15, -0.1) is 0 Å². The molecule has 0 amide bonds.